The number of fused-ring (bicyclic) bond motifs is 4. The SMILES string of the molecule is Oc1ccc2cc1CCCCc1cc(ccc1O)CCCCCC2. The minimum Gasteiger partial charge on any atom is -0.508 e. The Labute approximate surface area is 145 Å². The molecule has 0 radical (unpaired) electrons. The normalized spacial score (nSPS) is 16.7. The van der Waals surface area contributed by atoms with Crippen molar-refractivity contribution in [2.45, 2.75) is 64.2 Å². The fourth-order valence-corrected chi connectivity index (χ4v) is 3.63. The summed E-state index contributed by atoms with van der Waals surface area (Å²) in [5, 5.41) is 20.1. The quantitative estimate of drug-likeness (QED) is 0.688. The third-order valence-electron chi connectivity index (χ3n) is 5.11. The van der Waals surface area contributed by atoms with Gasteiger partial charge >= 0.3 is 0 Å². The van der Waals surface area contributed by atoms with Gasteiger partial charge in [-0.3, -0.25) is 0 Å². The standard InChI is InChI=1S/C22H28O2/c23-21-13-11-17-7-3-1-2-4-8-18-12-14-22(24)20(16-18)10-6-5-9-19(21)15-17/h11-16,23-24H,1-10H2. The van der Waals surface area contributed by atoms with Crippen LogP contribution in [0.4, 0.5) is 0 Å². The Morgan fingerprint density at radius 3 is 1.38 bits per heavy atom. The second kappa shape index (κ2) is 8.23. The van der Waals surface area contributed by atoms with Crippen molar-refractivity contribution >= 4 is 0 Å². The molecule has 2 aromatic carbocycles. The van der Waals surface area contributed by atoms with E-state index in [0.717, 1.165) is 49.7 Å². The third-order valence-corrected chi connectivity index (χ3v) is 5.11. The molecular formula is C22H28O2. The first-order chi connectivity index (χ1) is 11.7. The van der Waals surface area contributed by atoms with Crippen molar-refractivity contribution in [3.63, 3.8) is 0 Å². The molecule has 2 heteroatoms. The first-order valence-electron chi connectivity index (χ1n) is 9.34. The van der Waals surface area contributed by atoms with Crippen LogP contribution in [0.5, 0.6) is 11.5 Å². The molecule has 2 N–H and O–H groups in total. The highest BCUT2D eigenvalue weighted by atomic mass is 16.3. The molecule has 0 amide bonds. The molecule has 0 unspecified atom stereocenters. The molecule has 24 heavy (non-hydrogen) atoms. The van der Waals surface area contributed by atoms with Gasteiger partial charge in [0.15, 0.2) is 0 Å². The molecule has 1 aliphatic carbocycles. The lowest BCUT2D eigenvalue weighted by Gasteiger charge is -2.11. The van der Waals surface area contributed by atoms with Crippen molar-refractivity contribution in [2.75, 3.05) is 0 Å². The fraction of sp³-hybridized carbons (Fsp3) is 0.455. The first kappa shape index (κ1) is 16.9. The number of benzene rings is 2. The highest BCUT2D eigenvalue weighted by Gasteiger charge is 2.07. The van der Waals surface area contributed by atoms with Crippen molar-refractivity contribution in [3.05, 3.63) is 58.7 Å². The van der Waals surface area contributed by atoms with E-state index in [4.69, 9.17) is 0 Å². The summed E-state index contributed by atoms with van der Waals surface area (Å²) in [6, 6.07) is 12.2. The average molecular weight is 324 g/mol. The smallest absolute Gasteiger partial charge is 0.118 e. The maximum absolute atomic E-state index is 10.1. The lowest BCUT2D eigenvalue weighted by Crippen LogP contribution is -1.96. The third kappa shape index (κ3) is 4.53. The summed E-state index contributed by atoms with van der Waals surface area (Å²) in [6.07, 6.45) is 11.0. The van der Waals surface area contributed by atoms with Crippen molar-refractivity contribution in [2.24, 2.45) is 0 Å². The second-order valence-corrected chi connectivity index (χ2v) is 7.05. The van der Waals surface area contributed by atoms with Gasteiger partial charge in [-0.1, -0.05) is 37.1 Å². The molecule has 2 nitrogen and oxygen atoms in total. The van der Waals surface area contributed by atoms with E-state index >= 15 is 0 Å². The minimum atomic E-state index is 0.421. The van der Waals surface area contributed by atoms with Crippen LogP contribution in [-0.2, 0) is 25.7 Å². The van der Waals surface area contributed by atoms with Gasteiger partial charge in [-0.2, -0.15) is 0 Å². The molecule has 0 saturated heterocycles. The molecule has 0 aliphatic heterocycles. The van der Waals surface area contributed by atoms with Crippen LogP contribution < -0.4 is 0 Å². The lowest BCUT2D eigenvalue weighted by atomic mass is 9.96. The molecule has 0 aromatic heterocycles. The Kier molecular flexibility index (Phi) is 5.79. The van der Waals surface area contributed by atoms with E-state index in [2.05, 4.69) is 24.3 Å². The van der Waals surface area contributed by atoms with Crippen LogP contribution in [0.25, 0.3) is 0 Å². The summed E-state index contributed by atoms with van der Waals surface area (Å²) in [4.78, 5) is 0. The fourth-order valence-electron chi connectivity index (χ4n) is 3.63. The van der Waals surface area contributed by atoms with E-state index in [9.17, 15) is 10.2 Å². The zero-order valence-corrected chi connectivity index (χ0v) is 14.4. The van der Waals surface area contributed by atoms with Gasteiger partial charge in [0.25, 0.3) is 0 Å². The second-order valence-electron chi connectivity index (χ2n) is 7.05. The average Bonchev–Trinajstić information content (AvgIpc) is 2.58. The van der Waals surface area contributed by atoms with E-state index in [-0.39, 0.29) is 0 Å². The maximum atomic E-state index is 10.1. The minimum absolute atomic E-state index is 0.421. The molecule has 1 aliphatic rings. The van der Waals surface area contributed by atoms with Gasteiger partial charge in [0, 0.05) is 0 Å². The number of phenols is 2. The summed E-state index contributed by atoms with van der Waals surface area (Å²) in [6.45, 7) is 0. The number of hydrogen-bond acceptors (Lipinski definition) is 2. The summed E-state index contributed by atoms with van der Waals surface area (Å²) < 4.78 is 0. The Balaban J connectivity index is 1.73. The summed E-state index contributed by atoms with van der Waals surface area (Å²) in [5.41, 5.74) is 4.82. The van der Waals surface area contributed by atoms with Crippen LogP contribution in [0.3, 0.4) is 0 Å². The summed E-state index contributed by atoms with van der Waals surface area (Å²) >= 11 is 0. The van der Waals surface area contributed by atoms with Gasteiger partial charge in [-0.15, -0.1) is 0 Å². The van der Waals surface area contributed by atoms with E-state index in [1.54, 1.807) is 0 Å². The lowest BCUT2D eigenvalue weighted by molar-refractivity contribution is 0.462. The highest BCUT2D eigenvalue weighted by molar-refractivity contribution is 5.37. The molecule has 3 rings (SSSR count). The number of rotatable bonds is 0. The van der Waals surface area contributed by atoms with E-state index in [0.29, 0.717) is 11.5 Å². The van der Waals surface area contributed by atoms with E-state index in [1.807, 2.05) is 12.1 Å². The number of aromatic hydroxyl groups is 2. The summed E-state index contributed by atoms with van der Waals surface area (Å²) in [5.74, 6) is 0.842. The Bertz CT molecular complexity index is 616. The van der Waals surface area contributed by atoms with E-state index in [1.165, 1.54) is 36.8 Å². The highest BCUT2D eigenvalue weighted by Crippen LogP contribution is 2.25. The van der Waals surface area contributed by atoms with Gasteiger partial charge in [0.05, 0.1) is 0 Å². The Hall–Kier alpha value is -1.96. The topological polar surface area (TPSA) is 40.5 Å². The summed E-state index contributed by atoms with van der Waals surface area (Å²) in [7, 11) is 0. The molecule has 0 spiro atoms. The van der Waals surface area contributed by atoms with Crippen LogP contribution in [0.2, 0.25) is 0 Å². The van der Waals surface area contributed by atoms with Gasteiger partial charge in [0.1, 0.15) is 11.5 Å². The predicted octanol–water partition coefficient (Wildman–Crippen LogP) is 5.32. The molecule has 2 aromatic rings. The zero-order valence-electron chi connectivity index (χ0n) is 14.4. The maximum Gasteiger partial charge on any atom is 0.118 e. The molecule has 0 heterocycles. The van der Waals surface area contributed by atoms with Gasteiger partial charge in [-0.25, -0.2) is 0 Å². The van der Waals surface area contributed by atoms with Crippen LogP contribution in [0.15, 0.2) is 36.4 Å². The van der Waals surface area contributed by atoms with Crippen LogP contribution in [0, 0.1) is 0 Å². The largest absolute Gasteiger partial charge is 0.508 e. The molecule has 4 bridgehead atoms. The molecule has 0 saturated carbocycles. The van der Waals surface area contributed by atoms with E-state index < -0.39 is 0 Å². The van der Waals surface area contributed by atoms with Gasteiger partial charge in [0.2, 0.25) is 0 Å². The van der Waals surface area contributed by atoms with Crippen molar-refractivity contribution in [3.8, 4) is 11.5 Å². The van der Waals surface area contributed by atoms with Crippen molar-refractivity contribution < 1.29 is 10.2 Å². The van der Waals surface area contributed by atoms with Gasteiger partial charge < -0.3 is 10.2 Å². The first-order valence-corrected chi connectivity index (χ1v) is 9.34. The van der Waals surface area contributed by atoms with Crippen molar-refractivity contribution in [1.82, 2.24) is 0 Å². The number of phenolic OH excluding ortho intramolecular Hbond substituents is 2. The van der Waals surface area contributed by atoms with Crippen LogP contribution in [0.1, 0.15) is 60.8 Å². The molecule has 0 atom stereocenters. The molecule has 0 fully saturated rings. The number of hydrogen-bond donors (Lipinski definition) is 2. The number of aryl methyl sites for hydroxylation is 4. The monoisotopic (exact) mass is 324 g/mol. The zero-order chi connectivity index (χ0) is 16.8. The Morgan fingerprint density at radius 1 is 0.500 bits per heavy atom. The molecular weight excluding hydrogens is 296 g/mol. The molecule has 128 valence electrons. The predicted molar refractivity (Wildman–Crippen MR) is 98.7 cm³/mol. The van der Waals surface area contributed by atoms with Gasteiger partial charge in [-0.05, 0) is 85.8 Å². The van der Waals surface area contributed by atoms with Crippen LogP contribution in [-0.4, -0.2) is 10.2 Å². The van der Waals surface area contributed by atoms with Crippen LogP contribution >= 0.6 is 0 Å². The Morgan fingerprint density at radius 2 is 0.917 bits per heavy atom. The van der Waals surface area contributed by atoms with Crippen molar-refractivity contribution in [1.29, 1.82) is 0 Å².